The summed E-state index contributed by atoms with van der Waals surface area (Å²) in [5.41, 5.74) is 6.56. The summed E-state index contributed by atoms with van der Waals surface area (Å²) in [5.74, 6) is 0.878. The van der Waals surface area contributed by atoms with Crippen LogP contribution in [0.15, 0.2) is 24.3 Å². The molecule has 0 aromatic heterocycles. The number of benzene rings is 1. The second-order valence-electron chi connectivity index (χ2n) is 6.43. The third-order valence-electron chi connectivity index (χ3n) is 4.13. The summed E-state index contributed by atoms with van der Waals surface area (Å²) >= 11 is 0. The van der Waals surface area contributed by atoms with Gasteiger partial charge in [0.05, 0.1) is 25.4 Å². The molecule has 1 fully saturated rings. The predicted octanol–water partition coefficient (Wildman–Crippen LogP) is 3.42. The number of hydrogen-bond acceptors (Lipinski definition) is 5. The van der Waals surface area contributed by atoms with Gasteiger partial charge in [0.15, 0.2) is 0 Å². The Balaban J connectivity index is 1.73. The van der Waals surface area contributed by atoms with E-state index < -0.39 is 13.4 Å². The maximum Gasteiger partial charge on any atom is 0.472 e. The Morgan fingerprint density at radius 3 is 2.50 bits per heavy atom. The molecule has 0 bridgehead atoms. The molecule has 0 amide bonds. The minimum Gasteiger partial charge on any atom is -0.494 e. The summed E-state index contributed by atoms with van der Waals surface area (Å²) in [6.07, 6.45) is 6.13. The predicted molar refractivity (Wildman–Crippen MR) is 93.0 cm³/mol. The van der Waals surface area contributed by atoms with Crippen molar-refractivity contribution in [1.29, 1.82) is 0 Å². The number of rotatable bonds is 9. The van der Waals surface area contributed by atoms with Gasteiger partial charge in [0, 0.05) is 0 Å². The molecule has 0 spiro atoms. The lowest BCUT2D eigenvalue weighted by Crippen LogP contribution is -2.51. The largest absolute Gasteiger partial charge is 0.494 e. The van der Waals surface area contributed by atoms with Crippen LogP contribution in [0.3, 0.4) is 0 Å². The fourth-order valence-electron chi connectivity index (χ4n) is 2.51. The Morgan fingerprint density at radius 1 is 1.21 bits per heavy atom. The van der Waals surface area contributed by atoms with Gasteiger partial charge in [0.25, 0.3) is 0 Å². The molecule has 0 radical (unpaired) electrons. The zero-order valence-corrected chi connectivity index (χ0v) is 15.2. The summed E-state index contributed by atoms with van der Waals surface area (Å²) in [7, 11) is -3.88. The highest BCUT2D eigenvalue weighted by molar-refractivity contribution is 7.47. The summed E-state index contributed by atoms with van der Waals surface area (Å²) < 4.78 is 26.5. The molecule has 1 saturated heterocycles. The molecule has 136 valence electrons. The number of phosphoric ester groups is 1. The van der Waals surface area contributed by atoms with E-state index in [2.05, 4.69) is 6.92 Å². The Bertz CT molecular complexity index is 536. The van der Waals surface area contributed by atoms with Crippen LogP contribution in [0, 0.1) is 0 Å². The standard InChI is InChI=1S/C17H28NO5P/c1-2-3-4-5-12-21-16-8-6-15(7-9-16)10-11-17(18)13-22-24(19,20)23-14-17/h6-9H,2-5,10-14,18H2,1H3,(H,19,20). The fraction of sp³-hybridized carbons (Fsp3) is 0.647. The zero-order valence-electron chi connectivity index (χ0n) is 14.3. The molecule has 3 N–H and O–H groups in total. The molecule has 0 saturated carbocycles. The Kier molecular flexibility index (Phi) is 7.26. The summed E-state index contributed by atoms with van der Waals surface area (Å²) in [6.45, 7) is 3.00. The van der Waals surface area contributed by atoms with Crippen LogP contribution in [0.1, 0.15) is 44.6 Å². The van der Waals surface area contributed by atoms with Gasteiger partial charge in [-0.1, -0.05) is 38.3 Å². The van der Waals surface area contributed by atoms with E-state index in [9.17, 15) is 9.46 Å². The van der Waals surface area contributed by atoms with E-state index in [0.717, 1.165) is 30.8 Å². The van der Waals surface area contributed by atoms with Crippen LogP contribution in [0.2, 0.25) is 0 Å². The van der Waals surface area contributed by atoms with Gasteiger partial charge in [-0.25, -0.2) is 4.57 Å². The van der Waals surface area contributed by atoms with Gasteiger partial charge in [-0.2, -0.15) is 0 Å². The average molecular weight is 357 g/mol. The highest BCUT2D eigenvalue weighted by atomic mass is 31.2. The molecular weight excluding hydrogens is 329 g/mol. The maximum absolute atomic E-state index is 11.2. The van der Waals surface area contributed by atoms with Gasteiger partial charge < -0.3 is 15.4 Å². The maximum atomic E-state index is 11.2. The van der Waals surface area contributed by atoms with Crippen molar-refractivity contribution in [3.05, 3.63) is 29.8 Å². The van der Waals surface area contributed by atoms with Crippen LogP contribution in [-0.2, 0) is 20.0 Å². The third-order valence-corrected chi connectivity index (χ3v) is 5.04. The van der Waals surface area contributed by atoms with Crippen molar-refractivity contribution >= 4 is 7.82 Å². The van der Waals surface area contributed by atoms with Gasteiger partial charge in [-0.05, 0) is 37.0 Å². The van der Waals surface area contributed by atoms with E-state index in [1.807, 2.05) is 24.3 Å². The molecule has 6 nitrogen and oxygen atoms in total. The van der Waals surface area contributed by atoms with Gasteiger partial charge in [-0.15, -0.1) is 0 Å². The van der Waals surface area contributed by atoms with E-state index in [1.165, 1.54) is 19.3 Å². The van der Waals surface area contributed by atoms with Gasteiger partial charge >= 0.3 is 7.82 Å². The molecule has 1 heterocycles. The lowest BCUT2D eigenvalue weighted by molar-refractivity contribution is 0.0372. The molecule has 2 rings (SSSR count). The third kappa shape index (κ3) is 6.54. The first kappa shape index (κ1) is 19.4. The summed E-state index contributed by atoms with van der Waals surface area (Å²) in [6, 6.07) is 7.97. The first-order valence-electron chi connectivity index (χ1n) is 8.55. The van der Waals surface area contributed by atoms with Gasteiger partial charge in [0.1, 0.15) is 5.75 Å². The first-order chi connectivity index (χ1) is 11.4. The zero-order chi connectivity index (χ0) is 17.5. The van der Waals surface area contributed by atoms with Crippen molar-refractivity contribution in [3.63, 3.8) is 0 Å². The quantitative estimate of drug-likeness (QED) is 0.520. The normalized spacial score (nSPS) is 27.1. The van der Waals surface area contributed by atoms with E-state index in [4.69, 9.17) is 19.5 Å². The van der Waals surface area contributed by atoms with Crippen LogP contribution in [0.4, 0.5) is 0 Å². The van der Waals surface area contributed by atoms with E-state index in [0.29, 0.717) is 6.42 Å². The van der Waals surface area contributed by atoms with Crippen molar-refractivity contribution in [3.8, 4) is 5.75 Å². The highest BCUT2D eigenvalue weighted by Crippen LogP contribution is 2.47. The van der Waals surface area contributed by atoms with Crippen LogP contribution in [-0.4, -0.2) is 30.3 Å². The molecule has 0 atom stereocenters. The number of unbranched alkanes of at least 4 members (excludes halogenated alkanes) is 3. The van der Waals surface area contributed by atoms with E-state index >= 15 is 0 Å². The van der Waals surface area contributed by atoms with Crippen molar-refractivity contribution in [2.45, 2.75) is 51.0 Å². The highest BCUT2D eigenvalue weighted by Gasteiger charge is 2.38. The van der Waals surface area contributed by atoms with Crippen LogP contribution < -0.4 is 10.5 Å². The lowest BCUT2D eigenvalue weighted by Gasteiger charge is -2.34. The molecule has 7 heteroatoms. The Labute approximate surface area is 143 Å². The van der Waals surface area contributed by atoms with E-state index in [1.54, 1.807) is 0 Å². The lowest BCUT2D eigenvalue weighted by atomic mass is 9.94. The Morgan fingerprint density at radius 2 is 1.88 bits per heavy atom. The second kappa shape index (κ2) is 8.97. The monoisotopic (exact) mass is 357 g/mol. The molecule has 1 aromatic rings. The van der Waals surface area contributed by atoms with Crippen molar-refractivity contribution in [2.24, 2.45) is 5.73 Å². The second-order valence-corrected chi connectivity index (χ2v) is 7.88. The summed E-state index contributed by atoms with van der Waals surface area (Å²) in [4.78, 5) is 9.18. The van der Waals surface area contributed by atoms with Gasteiger partial charge in [0.2, 0.25) is 0 Å². The molecule has 1 aliphatic heterocycles. The molecule has 1 aliphatic rings. The number of hydrogen-bond donors (Lipinski definition) is 2. The average Bonchev–Trinajstić information content (AvgIpc) is 2.57. The van der Waals surface area contributed by atoms with Gasteiger partial charge in [-0.3, -0.25) is 9.05 Å². The SMILES string of the molecule is CCCCCCOc1ccc(CCC2(N)COP(=O)(O)OC2)cc1. The fourth-order valence-corrected chi connectivity index (χ4v) is 3.42. The molecule has 0 unspecified atom stereocenters. The minimum absolute atomic E-state index is 0.0275. The van der Waals surface area contributed by atoms with Crippen molar-refractivity contribution in [1.82, 2.24) is 0 Å². The van der Waals surface area contributed by atoms with Crippen LogP contribution in [0.5, 0.6) is 5.75 Å². The smallest absolute Gasteiger partial charge is 0.472 e. The number of aryl methyl sites for hydroxylation is 1. The number of ether oxygens (including phenoxy) is 1. The number of phosphoric acid groups is 1. The van der Waals surface area contributed by atoms with Crippen LogP contribution in [0.25, 0.3) is 0 Å². The van der Waals surface area contributed by atoms with E-state index in [-0.39, 0.29) is 13.2 Å². The van der Waals surface area contributed by atoms with Crippen molar-refractivity contribution < 1.29 is 23.2 Å². The summed E-state index contributed by atoms with van der Waals surface area (Å²) in [5, 5.41) is 0. The topological polar surface area (TPSA) is 91.0 Å². The molecule has 1 aromatic carbocycles. The minimum atomic E-state index is -3.88. The molecule has 24 heavy (non-hydrogen) atoms. The van der Waals surface area contributed by atoms with Crippen molar-refractivity contribution in [2.75, 3.05) is 19.8 Å². The first-order valence-corrected chi connectivity index (χ1v) is 10.0. The number of nitrogens with two attached hydrogens (primary N) is 1. The Hall–Kier alpha value is -0.910. The molecular formula is C17H28NO5P. The van der Waals surface area contributed by atoms with Crippen LogP contribution >= 0.6 is 7.82 Å². The molecule has 0 aliphatic carbocycles.